The SMILES string of the molecule is CSc1ccc([C@H](O)[C@H](CO)N(C)C)cc1. The maximum atomic E-state index is 10.1. The molecule has 1 aromatic rings. The van der Waals surface area contributed by atoms with Crippen molar-refractivity contribution in [2.75, 3.05) is 27.0 Å². The van der Waals surface area contributed by atoms with E-state index in [2.05, 4.69) is 0 Å². The summed E-state index contributed by atoms with van der Waals surface area (Å²) in [7, 11) is 3.70. The number of hydrogen-bond donors (Lipinski definition) is 2. The Balaban J connectivity index is 2.82. The van der Waals surface area contributed by atoms with E-state index < -0.39 is 6.10 Å². The molecule has 16 heavy (non-hydrogen) atoms. The van der Waals surface area contributed by atoms with Gasteiger partial charge in [-0.05, 0) is 38.0 Å². The second kappa shape index (κ2) is 6.25. The zero-order valence-corrected chi connectivity index (χ0v) is 10.7. The Labute approximate surface area is 101 Å². The number of hydrogen-bond acceptors (Lipinski definition) is 4. The third-order valence-electron chi connectivity index (χ3n) is 2.67. The highest BCUT2D eigenvalue weighted by molar-refractivity contribution is 7.98. The van der Waals surface area contributed by atoms with E-state index in [4.69, 9.17) is 0 Å². The van der Waals surface area contributed by atoms with Crippen LogP contribution in [0, 0.1) is 0 Å². The first-order valence-electron chi connectivity index (χ1n) is 5.19. The molecule has 0 aliphatic carbocycles. The number of rotatable bonds is 5. The summed E-state index contributed by atoms with van der Waals surface area (Å²) in [5, 5.41) is 19.3. The van der Waals surface area contributed by atoms with Crippen molar-refractivity contribution in [2.24, 2.45) is 0 Å². The number of likely N-dealkylation sites (N-methyl/N-ethyl adjacent to an activating group) is 1. The summed E-state index contributed by atoms with van der Waals surface area (Å²) in [5.41, 5.74) is 0.838. The molecule has 4 heteroatoms. The van der Waals surface area contributed by atoms with Gasteiger partial charge in [-0.25, -0.2) is 0 Å². The van der Waals surface area contributed by atoms with Gasteiger partial charge in [-0.1, -0.05) is 12.1 Å². The van der Waals surface area contributed by atoms with Crippen molar-refractivity contribution < 1.29 is 10.2 Å². The molecule has 0 fully saturated rings. The molecule has 0 heterocycles. The van der Waals surface area contributed by atoms with Gasteiger partial charge in [0.15, 0.2) is 0 Å². The summed E-state index contributed by atoms with van der Waals surface area (Å²) < 4.78 is 0. The highest BCUT2D eigenvalue weighted by atomic mass is 32.2. The molecule has 0 radical (unpaired) electrons. The Morgan fingerprint density at radius 1 is 1.25 bits per heavy atom. The first kappa shape index (κ1) is 13.5. The van der Waals surface area contributed by atoms with Crippen LogP contribution < -0.4 is 0 Å². The fourth-order valence-corrected chi connectivity index (χ4v) is 1.98. The minimum absolute atomic E-state index is 0.0571. The maximum Gasteiger partial charge on any atom is 0.0967 e. The average molecular weight is 241 g/mol. The Hall–Kier alpha value is -0.550. The highest BCUT2D eigenvalue weighted by Gasteiger charge is 2.21. The minimum Gasteiger partial charge on any atom is -0.395 e. The van der Waals surface area contributed by atoms with Gasteiger partial charge in [0.25, 0.3) is 0 Å². The number of aliphatic hydroxyl groups is 2. The lowest BCUT2D eigenvalue weighted by atomic mass is 10.0. The van der Waals surface area contributed by atoms with Crippen molar-refractivity contribution >= 4 is 11.8 Å². The fraction of sp³-hybridized carbons (Fsp3) is 0.500. The van der Waals surface area contributed by atoms with E-state index in [0.29, 0.717) is 0 Å². The third kappa shape index (κ3) is 3.22. The van der Waals surface area contributed by atoms with Gasteiger partial charge in [0.2, 0.25) is 0 Å². The summed E-state index contributed by atoms with van der Waals surface area (Å²) in [5.74, 6) is 0. The van der Waals surface area contributed by atoms with Crippen LogP contribution in [0.2, 0.25) is 0 Å². The van der Waals surface area contributed by atoms with Crippen LogP contribution >= 0.6 is 11.8 Å². The second-order valence-corrected chi connectivity index (χ2v) is 4.81. The smallest absolute Gasteiger partial charge is 0.0967 e. The highest BCUT2D eigenvalue weighted by Crippen LogP contribution is 2.22. The summed E-state index contributed by atoms with van der Waals surface area (Å²) in [6.07, 6.45) is 1.36. The van der Waals surface area contributed by atoms with E-state index in [1.807, 2.05) is 49.5 Å². The minimum atomic E-state index is -0.657. The molecular formula is C12H19NO2S. The molecule has 0 spiro atoms. The monoisotopic (exact) mass is 241 g/mol. The fourth-order valence-electron chi connectivity index (χ4n) is 1.57. The van der Waals surface area contributed by atoms with Crippen molar-refractivity contribution in [1.29, 1.82) is 0 Å². The Morgan fingerprint density at radius 3 is 2.19 bits per heavy atom. The summed E-state index contributed by atoms with van der Waals surface area (Å²) in [4.78, 5) is 2.99. The topological polar surface area (TPSA) is 43.7 Å². The zero-order valence-electron chi connectivity index (χ0n) is 9.92. The molecule has 0 aromatic heterocycles. The standard InChI is InChI=1S/C12H19NO2S/c1-13(2)11(8-14)12(15)9-4-6-10(16-3)7-5-9/h4-7,11-12,14-15H,8H2,1-3H3/t11-,12-/m0/s1. The van der Waals surface area contributed by atoms with Crippen LogP contribution in [0.1, 0.15) is 11.7 Å². The van der Waals surface area contributed by atoms with Crippen LogP contribution in [0.4, 0.5) is 0 Å². The summed E-state index contributed by atoms with van der Waals surface area (Å²) in [6.45, 7) is -0.0571. The Kier molecular flexibility index (Phi) is 5.28. The van der Waals surface area contributed by atoms with Crippen molar-refractivity contribution in [3.8, 4) is 0 Å². The van der Waals surface area contributed by atoms with Crippen LogP contribution in [0.5, 0.6) is 0 Å². The van der Waals surface area contributed by atoms with Gasteiger partial charge in [-0.15, -0.1) is 11.8 Å². The van der Waals surface area contributed by atoms with Gasteiger partial charge < -0.3 is 15.1 Å². The number of nitrogens with zero attached hydrogens (tertiary/aromatic N) is 1. The predicted molar refractivity (Wildman–Crippen MR) is 67.7 cm³/mol. The second-order valence-electron chi connectivity index (χ2n) is 3.93. The molecule has 2 N–H and O–H groups in total. The Morgan fingerprint density at radius 2 is 1.81 bits per heavy atom. The quantitative estimate of drug-likeness (QED) is 0.764. The van der Waals surface area contributed by atoms with Gasteiger partial charge in [0.05, 0.1) is 18.8 Å². The first-order valence-corrected chi connectivity index (χ1v) is 6.42. The van der Waals surface area contributed by atoms with Crippen molar-refractivity contribution in [3.63, 3.8) is 0 Å². The van der Waals surface area contributed by atoms with Gasteiger partial charge >= 0.3 is 0 Å². The van der Waals surface area contributed by atoms with Crippen LogP contribution in [-0.4, -0.2) is 48.1 Å². The molecule has 3 nitrogen and oxygen atoms in total. The molecule has 0 bridgehead atoms. The lowest BCUT2D eigenvalue weighted by Crippen LogP contribution is -2.37. The molecule has 2 atom stereocenters. The van der Waals surface area contributed by atoms with Crippen LogP contribution in [0.25, 0.3) is 0 Å². The van der Waals surface area contributed by atoms with Crippen molar-refractivity contribution in [2.45, 2.75) is 17.0 Å². The van der Waals surface area contributed by atoms with Gasteiger partial charge in [0.1, 0.15) is 0 Å². The molecule has 90 valence electrons. The molecule has 1 aromatic carbocycles. The van der Waals surface area contributed by atoms with Gasteiger partial charge in [0, 0.05) is 4.90 Å². The van der Waals surface area contributed by atoms with Crippen LogP contribution in [0.3, 0.4) is 0 Å². The average Bonchev–Trinajstić information content (AvgIpc) is 2.29. The first-order chi connectivity index (χ1) is 7.60. The largest absolute Gasteiger partial charge is 0.395 e. The third-order valence-corrected chi connectivity index (χ3v) is 3.42. The van der Waals surface area contributed by atoms with E-state index in [1.165, 1.54) is 4.90 Å². The van der Waals surface area contributed by atoms with Crippen LogP contribution in [0.15, 0.2) is 29.2 Å². The van der Waals surface area contributed by atoms with Gasteiger partial charge in [-0.2, -0.15) is 0 Å². The molecular weight excluding hydrogens is 222 g/mol. The number of thioether (sulfide) groups is 1. The molecule has 0 aliphatic heterocycles. The Bertz CT molecular complexity index is 313. The normalized spacial score (nSPS) is 15.1. The molecule has 0 unspecified atom stereocenters. The van der Waals surface area contributed by atoms with Crippen molar-refractivity contribution in [3.05, 3.63) is 29.8 Å². The van der Waals surface area contributed by atoms with E-state index in [9.17, 15) is 10.2 Å². The molecule has 0 saturated heterocycles. The van der Waals surface area contributed by atoms with Gasteiger partial charge in [-0.3, -0.25) is 0 Å². The van der Waals surface area contributed by atoms with E-state index >= 15 is 0 Å². The number of aliphatic hydroxyl groups excluding tert-OH is 2. The molecule has 1 rings (SSSR count). The lowest BCUT2D eigenvalue weighted by molar-refractivity contribution is 0.0389. The van der Waals surface area contributed by atoms with E-state index in [-0.39, 0.29) is 12.6 Å². The number of benzene rings is 1. The predicted octanol–water partition coefficient (Wildman–Crippen LogP) is 1.36. The van der Waals surface area contributed by atoms with Crippen LogP contribution in [-0.2, 0) is 0 Å². The molecule has 0 saturated carbocycles. The molecule has 0 amide bonds. The summed E-state index contributed by atoms with van der Waals surface area (Å²) >= 11 is 1.67. The zero-order chi connectivity index (χ0) is 12.1. The van der Waals surface area contributed by atoms with Crippen molar-refractivity contribution in [1.82, 2.24) is 4.90 Å². The summed E-state index contributed by atoms with van der Waals surface area (Å²) in [6, 6.07) is 7.51. The lowest BCUT2D eigenvalue weighted by Gasteiger charge is -2.27. The van der Waals surface area contributed by atoms with E-state index in [1.54, 1.807) is 11.8 Å². The van der Waals surface area contributed by atoms with E-state index in [0.717, 1.165) is 5.56 Å². The maximum absolute atomic E-state index is 10.1. The molecule has 0 aliphatic rings.